The summed E-state index contributed by atoms with van der Waals surface area (Å²) in [6.07, 6.45) is 7.38. The first-order valence-corrected chi connectivity index (χ1v) is 12.4. The van der Waals surface area contributed by atoms with Gasteiger partial charge in [-0.25, -0.2) is 0 Å². The maximum atomic E-state index is 12.8. The van der Waals surface area contributed by atoms with Crippen molar-refractivity contribution in [2.45, 2.75) is 51.0 Å². The van der Waals surface area contributed by atoms with Crippen LogP contribution in [-0.4, -0.2) is 49.5 Å². The average molecular weight is 464 g/mol. The van der Waals surface area contributed by atoms with Gasteiger partial charge in [0.25, 0.3) is 0 Å². The number of amides is 2. The monoisotopic (exact) mass is 463 g/mol. The van der Waals surface area contributed by atoms with Crippen LogP contribution < -0.4 is 15.4 Å². The quantitative estimate of drug-likeness (QED) is 0.554. The lowest BCUT2D eigenvalue weighted by molar-refractivity contribution is -0.127. The Morgan fingerprint density at radius 1 is 1.00 bits per heavy atom. The lowest BCUT2D eigenvalue weighted by Crippen LogP contribution is -2.48. The van der Waals surface area contributed by atoms with Gasteiger partial charge in [0.2, 0.25) is 11.8 Å². The third kappa shape index (κ3) is 4.89. The highest BCUT2D eigenvalue weighted by molar-refractivity contribution is 6.07. The molecule has 2 N–H and O–H groups in total. The van der Waals surface area contributed by atoms with Crippen molar-refractivity contribution in [1.82, 2.24) is 10.2 Å². The minimum Gasteiger partial charge on any atom is -0.495 e. The predicted octanol–water partition coefficient (Wildman–Crippen LogP) is 4.69. The molecule has 34 heavy (non-hydrogen) atoms. The number of ether oxygens (including phenoxy) is 1. The SMILES string of the molecule is COc1cc2c(cc1NC(=O)CN1CCC(NC(=O)C3CCCCC3)CC1)oc1ccccc12. The molecule has 0 bridgehead atoms. The van der Waals surface area contributed by atoms with Gasteiger partial charge >= 0.3 is 0 Å². The van der Waals surface area contributed by atoms with Gasteiger partial charge in [0.05, 0.1) is 19.3 Å². The summed E-state index contributed by atoms with van der Waals surface area (Å²) in [5, 5.41) is 8.23. The summed E-state index contributed by atoms with van der Waals surface area (Å²) in [5.41, 5.74) is 2.13. The number of nitrogens with zero attached hydrogens (tertiary/aromatic N) is 1. The zero-order chi connectivity index (χ0) is 23.5. The van der Waals surface area contributed by atoms with Gasteiger partial charge in [-0.05, 0) is 37.8 Å². The van der Waals surface area contributed by atoms with Gasteiger partial charge < -0.3 is 19.8 Å². The molecule has 1 aromatic heterocycles. The number of nitrogens with one attached hydrogen (secondary N) is 2. The number of hydrogen-bond acceptors (Lipinski definition) is 5. The van der Waals surface area contributed by atoms with Crippen molar-refractivity contribution < 1.29 is 18.7 Å². The van der Waals surface area contributed by atoms with E-state index in [1.54, 1.807) is 7.11 Å². The van der Waals surface area contributed by atoms with Crippen molar-refractivity contribution in [3.63, 3.8) is 0 Å². The second-order valence-electron chi connectivity index (χ2n) is 9.59. The molecule has 0 radical (unpaired) electrons. The largest absolute Gasteiger partial charge is 0.495 e. The molecule has 0 unspecified atom stereocenters. The topological polar surface area (TPSA) is 83.8 Å². The van der Waals surface area contributed by atoms with Crippen LogP contribution in [0.4, 0.5) is 5.69 Å². The van der Waals surface area contributed by atoms with E-state index in [2.05, 4.69) is 15.5 Å². The molecule has 1 saturated carbocycles. The summed E-state index contributed by atoms with van der Waals surface area (Å²) in [5.74, 6) is 0.940. The fraction of sp³-hybridized carbons (Fsp3) is 0.481. The van der Waals surface area contributed by atoms with Gasteiger partial charge in [0.15, 0.2) is 0 Å². The first kappa shape index (κ1) is 22.7. The van der Waals surface area contributed by atoms with Crippen LogP contribution in [0.2, 0.25) is 0 Å². The fourth-order valence-corrected chi connectivity index (χ4v) is 5.33. The second kappa shape index (κ2) is 10.1. The third-order valence-electron chi connectivity index (χ3n) is 7.25. The highest BCUT2D eigenvalue weighted by atomic mass is 16.5. The van der Waals surface area contributed by atoms with Gasteiger partial charge in [-0.2, -0.15) is 0 Å². The van der Waals surface area contributed by atoms with Crippen LogP contribution in [0.1, 0.15) is 44.9 Å². The summed E-state index contributed by atoms with van der Waals surface area (Å²) in [6, 6.07) is 11.8. The smallest absolute Gasteiger partial charge is 0.238 e. The molecule has 7 heteroatoms. The molecular weight excluding hydrogens is 430 g/mol. The number of rotatable bonds is 6. The Labute approximate surface area is 199 Å². The molecule has 2 aromatic carbocycles. The highest BCUT2D eigenvalue weighted by Crippen LogP contribution is 2.36. The standard InChI is InChI=1S/C27H33N3O4/c1-33-25-15-21-20-9-5-6-10-23(20)34-24(21)16-22(25)29-26(31)17-30-13-11-19(12-14-30)28-27(32)18-7-3-2-4-8-18/h5-6,9-10,15-16,18-19H,2-4,7-8,11-14,17H2,1H3,(H,28,32)(H,29,31). The average Bonchev–Trinajstić information content (AvgIpc) is 3.22. The van der Waals surface area contributed by atoms with Crippen LogP contribution in [0.3, 0.4) is 0 Å². The first-order valence-electron chi connectivity index (χ1n) is 12.4. The molecule has 2 aliphatic rings. The van der Waals surface area contributed by atoms with E-state index in [1.807, 2.05) is 36.4 Å². The molecular formula is C27H33N3O4. The molecule has 2 amide bonds. The van der Waals surface area contributed by atoms with E-state index in [0.717, 1.165) is 55.1 Å². The van der Waals surface area contributed by atoms with E-state index >= 15 is 0 Å². The van der Waals surface area contributed by atoms with Crippen molar-refractivity contribution in [3.8, 4) is 5.75 Å². The highest BCUT2D eigenvalue weighted by Gasteiger charge is 2.26. The minimum absolute atomic E-state index is 0.0848. The second-order valence-corrected chi connectivity index (χ2v) is 9.59. The number of likely N-dealkylation sites (tertiary alicyclic amines) is 1. The van der Waals surface area contributed by atoms with Crippen LogP contribution in [0.25, 0.3) is 21.9 Å². The van der Waals surface area contributed by atoms with Crippen molar-refractivity contribution in [1.29, 1.82) is 0 Å². The van der Waals surface area contributed by atoms with E-state index < -0.39 is 0 Å². The van der Waals surface area contributed by atoms with Crippen molar-refractivity contribution >= 4 is 39.4 Å². The number of furan rings is 1. The Kier molecular flexibility index (Phi) is 6.72. The Balaban J connectivity index is 1.16. The zero-order valence-corrected chi connectivity index (χ0v) is 19.8. The Morgan fingerprint density at radius 2 is 1.76 bits per heavy atom. The van der Waals surface area contributed by atoms with Gasteiger partial charge in [-0.15, -0.1) is 0 Å². The van der Waals surface area contributed by atoms with Crippen LogP contribution >= 0.6 is 0 Å². The van der Waals surface area contributed by atoms with E-state index in [-0.39, 0.29) is 23.8 Å². The van der Waals surface area contributed by atoms with Crippen LogP contribution in [0.5, 0.6) is 5.75 Å². The van der Waals surface area contributed by atoms with Crippen molar-refractivity contribution in [2.75, 3.05) is 32.1 Å². The van der Waals surface area contributed by atoms with Crippen LogP contribution in [0.15, 0.2) is 40.8 Å². The van der Waals surface area contributed by atoms with Gasteiger partial charge in [-0.1, -0.05) is 37.5 Å². The molecule has 2 heterocycles. The van der Waals surface area contributed by atoms with Gasteiger partial charge in [0, 0.05) is 41.9 Å². The fourth-order valence-electron chi connectivity index (χ4n) is 5.33. The van der Waals surface area contributed by atoms with Gasteiger partial charge in [0.1, 0.15) is 16.9 Å². The van der Waals surface area contributed by atoms with E-state index in [0.29, 0.717) is 23.6 Å². The molecule has 2 fully saturated rings. The molecule has 1 aliphatic heterocycles. The maximum absolute atomic E-state index is 12.8. The Bertz CT molecular complexity index is 1170. The summed E-state index contributed by atoms with van der Waals surface area (Å²) in [7, 11) is 1.60. The molecule has 3 aromatic rings. The number of piperidine rings is 1. The summed E-state index contributed by atoms with van der Waals surface area (Å²) >= 11 is 0. The van der Waals surface area contributed by atoms with Crippen molar-refractivity contribution in [3.05, 3.63) is 36.4 Å². The summed E-state index contributed by atoms with van der Waals surface area (Å²) < 4.78 is 11.5. The number of anilines is 1. The third-order valence-corrected chi connectivity index (χ3v) is 7.25. The van der Waals surface area contributed by atoms with Crippen LogP contribution in [-0.2, 0) is 9.59 Å². The van der Waals surface area contributed by atoms with E-state index in [4.69, 9.17) is 9.15 Å². The number of carbonyl (C=O) groups excluding carboxylic acids is 2. The number of para-hydroxylation sites is 1. The molecule has 7 nitrogen and oxygen atoms in total. The van der Waals surface area contributed by atoms with Gasteiger partial charge in [-0.3, -0.25) is 14.5 Å². The molecule has 0 spiro atoms. The van der Waals surface area contributed by atoms with Crippen LogP contribution in [0, 0.1) is 5.92 Å². The Morgan fingerprint density at radius 3 is 2.53 bits per heavy atom. The molecule has 1 aliphatic carbocycles. The summed E-state index contributed by atoms with van der Waals surface area (Å²) in [6.45, 7) is 1.90. The number of fused-ring (bicyclic) bond motifs is 3. The first-order chi connectivity index (χ1) is 16.6. The normalized spacial score (nSPS) is 18.3. The zero-order valence-electron chi connectivity index (χ0n) is 19.8. The van der Waals surface area contributed by atoms with E-state index in [9.17, 15) is 9.59 Å². The van der Waals surface area contributed by atoms with E-state index in [1.165, 1.54) is 19.3 Å². The molecule has 1 saturated heterocycles. The maximum Gasteiger partial charge on any atom is 0.238 e. The summed E-state index contributed by atoms with van der Waals surface area (Å²) in [4.78, 5) is 27.5. The van der Waals surface area contributed by atoms with Crippen molar-refractivity contribution in [2.24, 2.45) is 5.92 Å². The number of carbonyl (C=O) groups is 2. The molecule has 180 valence electrons. The number of methoxy groups -OCH3 is 1. The lowest BCUT2D eigenvalue weighted by Gasteiger charge is -2.33. The number of hydrogen-bond donors (Lipinski definition) is 2. The predicted molar refractivity (Wildman–Crippen MR) is 133 cm³/mol. The number of benzene rings is 2. The minimum atomic E-state index is -0.0848. The lowest BCUT2D eigenvalue weighted by atomic mass is 9.88. The molecule has 0 atom stereocenters. The Hall–Kier alpha value is -3.06. The molecule has 5 rings (SSSR count).